The summed E-state index contributed by atoms with van der Waals surface area (Å²) >= 11 is 0. The number of hydrogen-bond acceptors (Lipinski definition) is 3. The molecule has 0 spiro atoms. The molecular formula is C13H19NO4S. The van der Waals surface area contributed by atoms with Gasteiger partial charge in [0.15, 0.2) is 0 Å². The van der Waals surface area contributed by atoms with E-state index >= 15 is 0 Å². The smallest absolute Gasteiger partial charge is 0.321 e. The first kappa shape index (κ1) is 15.7. The van der Waals surface area contributed by atoms with Crippen molar-refractivity contribution < 1.29 is 18.3 Å². The lowest BCUT2D eigenvalue weighted by molar-refractivity contribution is -0.139. The summed E-state index contributed by atoms with van der Waals surface area (Å²) in [6.45, 7) is 3.43. The molecule has 0 radical (unpaired) electrons. The predicted octanol–water partition coefficient (Wildman–Crippen LogP) is 1.57. The Kier molecular flexibility index (Phi) is 5.50. The van der Waals surface area contributed by atoms with Crippen molar-refractivity contribution in [2.75, 3.05) is 5.75 Å². The number of carboxylic acids is 1. The summed E-state index contributed by atoms with van der Waals surface area (Å²) in [5.74, 6) is -1.47. The van der Waals surface area contributed by atoms with Crippen molar-refractivity contribution in [1.82, 2.24) is 4.72 Å². The van der Waals surface area contributed by atoms with Crippen LogP contribution < -0.4 is 4.72 Å². The maximum atomic E-state index is 11.9. The van der Waals surface area contributed by atoms with Gasteiger partial charge in [-0.3, -0.25) is 4.79 Å². The van der Waals surface area contributed by atoms with E-state index in [1.165, 1.54) is 0 Å². The molecule has 0 aliphatic carbocycles. The van der Waals surface area contributed by atoms with Crippen LogP contribution in [-0.2, 0) is 14.8 Å². The highest BCUT2D eigenvalue weighted by Crippen LogP contribution is 2.16. The molecule has 5 nitrogen and oxygen atoms in total. The number of benzene rings is 1. The molecule has 1 aromatic carbocycles. The zero-order valence-electron chi connectivity index (χ0n) is 11.0. The molecule has 0 saturated heterocycles. The van der Waals surface area contributed by atoms with Crippen molar-refractivity contribution in [3.05, 3.63) is 35.9 Å². The minimum Gasteiger partial charge on any atom is -0.480 e. The molecule has 0 heterocycles. The number of aliphatic carboxylic acids is 1. The average molecular weight is 285 g/mol. The van der Waals surface area contributed by atoms with Crippen LogP contribution in [0.5, 0.6) is 0 Å². The molecule has 0 bridgehead atoms. The molecule has 0 aliphatic heterocycles. The van der Waals surface area contributed by atoms with E-state index in [4.69, 9.17) is 5.11 Å². The van der Waals surface area contributed by atoms with Crippen LogP contribution in [0.25, 0.3) is 0 Å². The van der Waals surface area contributed by atoms with Crippen molar-refractivity contribution in [1.29, 1.82) is 0 Å². The topological polar surface area (TPSA) is 83.5 Å². The second-order valence-electron chi connectivity index (χ2n) is 4.51. The molecule has 19 heavy (non-hydrogen) atoms. The zero-order chi connectivity index (χ0) is 14.5. The van der Waals surface area contributed by atoms with E-state index < -0.39 is 22.0 Å². The Bertz CT molecular complexity index is 513. The van der Waals surface area contributed by atoms with Crippen molar-refractivity contribution in [2.24, 2.45) is 0 Å². The molecule has 0 aromatic heterocycles. The van der Waals surface area contributed by atoms with E-state index in [1.54, 1.807) is 13.8 Å². The number of carboxylic acid groups (broad SMARTS) is 1. The van der Waals surface area contributed by atoms with Gasteiger partial charge >= 0.3 is 5.97 Å². The zero-order valence-corrected chi connectivity index (χ0v) is 11.9. The highest BCUT2D eigenvalue weighted by Gasteiger charge is 2.24. The first-order valence-corrected chi connectivity index (χ1v) is 7.78. The molecule has 1 unspecified atom stereocenters. The van der Waals surface area contributed by atoms with E-state index in [1.807, 2.05) is 30.3 Å². The number of hydrogen-bond donors (Lipinski definition) is 2. The van der Waals surface area contributed by atoms with Crippen LogP contribution >= 0.6 is 0 Å². The summed E-state index contributed by atoms with van der Waals surface area (Å²) in [5, 5.41) is 8.86. The van der Waals surface area contributed by atoms with Gasteiger partial charge in [0, 0.05) is 0 Å². The van der Waals surface area contributed by atoms with E-state index in [-0.39, 0.29) is 18.1 Å². The van der Waals surface area contributed by atoms with Crippen LogP contribution in [-0.4, -0.2) is 31.3 Å². The molecule has 106 valence electrons. The van der Waals surface area contributed by atoms with Crippen molar-refractivity contribution in [2.45, 2.75) is 32.2 Å². The first-order valence-electron chi connectivity index (χ1n) is 6.13. The van der Waals surface area contributed by atoms with E-state index in [9.17, 15) is 13.2 Å². The molecule has 0 saturated carbocycles. The molecule has 1 aromatic rings. The lowest BCUT2D eigenvalue weighted by atomic mass is 10.0. The van der Waals surface area contributed by atoms with Crippen LogP contribution in [0.4, 0.5) is 0 Å². The molecule has 1 rings (SSSR count). The van der Waals surface area contributed by atoms with Crippen molar-refractivity contribution in [3.8, 4) is 0 Å². The third-order valence-electron chi connectivity index (χ3n) is 2.87. The van der Waals surface area contributed by atoms with Gasteiger partial charge in [0.1, 0.15) is 6.04 Å². The Morgan fingerprint density at radius 3 is 2.37 bits per heavy atom. The van der Waals surface area contributed by atoms with Gasteiger partial charge in [-0.1, -0.05) is 44.2 Å². The molecule has 0 fully saturated rings. The monoisotopic (exact) mass is 285 g/mol. The van der Waals surface area contributed by atoms with Gasteiger partial charge in [0.2, 0.25) is 10.0 Å². The Hall–Kier alpha value is -1.40. The van der Waals surface area contributed by atoms with E-state index in [2.05, 4.69) is 4.72 Å². The van der Waals surface area contributed by atoms with Crippen LogP contribution in [0.15, 0.2) is 30.3 Å². The summed E-state index contributed by atoms with van der Waals surface area (Å²) in [7, 11) is -3.62. The lowest BCUT2D eigenvalue weighted by Gasteiger charge is -2.16. The molecule has 0 amide bonds. The SMILES string of the molecule is CC[C@@H](NS(=O)(=O)CC(C)c1ccccc1)C(=O)O. The Balaban J connectivity index is 2.72. The molecule has 6 heteroatoms. The maximum Gasteiger partial charge on any atom is 0.321 e. The standard InChI is InChI=1S/C13H19NO4S/c1-3-12(13(15)16)14-19(17,18)9-10(2)11-7-5-4-6-8-11/h4-8,10,12,14H,3,9H2,1-2H3,(H,15,16)/t10?,12-/m1/s1. The van der Waals surface area contributed by atoms with Crippen molar-refractivity contribution >= 4 is 16.0 Å². The van der Waals surface area contributed by atoms with Gasteiger partial charge < -0.3 is 5.11 Å². The van der Waals surface area contributed by atoms with Gasteiger partial charge in [-0.05, 0) is 17.9 Å². The fraction of sp³-hybridized carbons (Fsp3) is 0.462. The van der Waals surface area contributed by atoms with Gasteiger partial charge in [-0.15, -0.1) is 0 Å². The minimum absolute atomic E-state index is 0.124. The Morgan fingerprint density at radius 1 is 1.32 bits per heavy atom. The third-order valence-corrected chi connectivity index (χ3v) is 4.45. The number of rotatable bonds is 7. The summed E-state index contributed by atoms with van der Waals surface area (Å²) in [6, 6.07) is 8.20. The summed E-state index contributed by atoms with van der Waals surface area (Å²) < 4.78 is 26.0. The van der Waals surface area contributed by atoms with Gasteiger partial charge in [-0.2, -0.15) is 0 Å². The van der Waals surface area contributed by atoms with Gasteiger partial charge in [0.25, 0.3) is 0 Å². The lowest BCUT2D eigenvalue weighted by Crippen LogP contribution is -2.42. The largest absolute Gasteiger partial charge is 0.480 e. The quantitative estimate of drug-likeness (QED) is 0.796. The summed E-state index contributed by atoms with van der Waals surface area (Å²) in [6.07, 6.45) is 0.217. The number of sulfonamides is 1. The minimum atomic E-state index is -3.62. The van der Waals surface area contributed by atoms with Crippen LogP contribution in [0.2, 0.25) is 0 Å². The Morgan fingerprint density at radius 2 is 1.89 bits per heavy atom. The Labute approximate surface area is 113 Å². The molecule has 0 aliphatic rings. The highest BCUT2D eigenvalue weighted by molar-refractivity contribution is 7.89. The van der Waals surface area contributed by atoms with E-state index in [0.29, 0.717) is 0 Å². The summed E-state index contributed by atoms with van der Waals surface area (Å²) in [4.78, 5) is 10.8. The third kappa shape index (κ3) is 5.00. The van der Waals surface area contributed by atoms with Crippen LogP contribution in [0, 0.1) is 0 Å². The first-order chi connectivity index (χ1) is 8.85. The van der Waals surface area contributed by atoms with Crippen LogP contribution in [0.1, 0.15) is 31.7 Å². The molecule has 2 atom stereocenters. The normalized spacial score (nSPS) is 14.8. The number of carbonyl (C=O) groups is 1. The van der Waals surface area contributed by atoms with Gasteiger partial charge in [-0.25, -0.2) is 13.1 Å². The second kappa shape index (κ2) is 6.68. The van der Waals surface area contributed by atoms with E-state index in [0.717, 1.165) is 5.56 Å². The highest BCUT2D eigenvalue weighted by atomic mass is 32.2. The predicted molar refractivity (Wildman–Crippen MR) is 73.5 cm³/mol. The summed E-state index contributed by atoms with van der Waals surface area (Å²) in [5.41, 5.74) is 0.913. The fourth-order valence-electron chi connectivity index (χ4n) is 1.78. The fourth-order valence-corrected chi connectivity index (χ4v) is 3.43. The van der Waals surface area contributed by atoms with Gasteiger partial charge in [0.05, 0.1) is 5.75 Å². The molecular weight excluding hydrogens is 266 g/mol. The van der Waals surface area contributed by atoms with Crippen molar-refractivity contribution in [3.63, 3.8) is 0 Å². The number of nitrogens with one attached hydrogen (secondary N) is 1. The average Bonchev–Trinajstić information content (AvgIpc) is 2.36. The van der Waals surface area contributed by atoms with Crippen LogP contribution in [0.3, 0.4) is 0 Å². The second-order valence-corrected chi connectivity index (χ2v) is 6.31. The maximum absolute atomic E-state index is 11.9. The molecule has 2 N–H and O–H groups in total.